The summed E-state index contributed by atoms with van der Waals surface area (Å²) in [7, 11) is -1.87. The predicted molar refractivity (Wildman–Crippen MR) is 98.1 cm³/mol. The Kier molecular flexibility index (Phi) is 7.23. The molecule has 1 aromatic carbocycles. The highest BCUT2D eigenvalue weighted by Gasteiger charge is 2.39. The molecule has 128 valence electrons. The van der Waals surface area contributed by atoms with Crippen LogP contribution in [0, 0.1) is 0 Å². The smallest absolute Gasteiger partial charge is 0.303 e. The monoisotopic (exact) mass is 334 g/mol. The van der Waals surface area contributed by atoms with Gasteiger partial charge in [0, 0.05) is 6.42 Å². The second-order valence-electron chi connectivity index (χ2n) is 7.42. The molecule has 0 aliphatic carbocycles. The average molecular weight is 335 g/mol. The van der Waals surface area contributed by atoms with Gasteiger partial charge < -0.3 is 9.53 Å². The predicted octanol–water partition coefficient (Wildman–Crippen LogP) is 5.56. The largest absolute Gasteiger partial charge is 0.481 e. The van der Waals surface area contributed by atoms with Crippen LogP contribution in [-0.2, 0) is 9.22 Å². The van der Waals surface area contributed by atoms with E-state index < -0.39 is 14.3 Å². The van der Waals surface area contributed by atoms with E-state index in [4.69, 9.17) is 9.53 Å². The fourth-order valence-electron chi connectivity index (χ4n) is 2.00. The summed E-state index contributed by atoms with van der Waals surface area (Å²) in [5.41, 5.74) is 1.18. The zero-order valence-electron chi connectivity index (χ0n) is 15.0. The minimum Gasteiger partial charge on any atom is -0.481 e. The summed E-state index contributed by atoms with van der Waals surface area (Å²) >= 11 is 0. The molecule has 0 aromatic heterocycles. The van der Waals surface area contributed by atoms with Crippen LogP contribution in [0.2, 0.25) is 18.1 Å². The molecule has 0 saturated heterocycles. The summed E-state index contributed by atoms with van der Waals surface area (Å²) in [6.07, 6.45) is 5.54. The highest BCUT2D eigenvalue weighted by atomic mass is 28.4. The van der Waals surface area contributed by atoms with Gasteiger partial charge >= 0.3 is 5.97 Å². The molecular formula is C19H30O3Si. The van der Waals surface area contributed by atoms with Crippen molar-refractivity contribution in [2.75, 3.05) is 0 Å². The highest BCUT2D eigenvalue weighted by molar-refractivity contribution is 6.74. The molecule has 0 amide bonds. The third kappa shape index (κ3) is 6.71. The first-order chi connectivity index (χ1) is 10.6. The van der Waals surface area contributed by atoms with Gasteiger partial charge in [-0.2, -0.15) is 0 Å². The molecular weight excluding hydrogens is 304 g/mol. The quantitative estimate of drug-likeness (QED) is 0.500. The zero-order chi connectivity index (χ0) is 17.5. The summed E-state index contributed by atoms with van der Waals surface area (Å²) in [4.78, 5) is 10.6. The molecule has 4 heteroatoms. The number of carbonyl (C=O) groups is 1. The van der Waals surface area contributed by atoms with Crippen LogP contribution < -0.4 is 0 Å². The SMILES string of the molecule is CC(C)(C)[Si](C)(C)OC(C/C=C\CCC(=O)O)c1ccccc1. The van der Waals surface area contributed by atoms with Crippen molar-refractivity contribution in [2.45, 2.75) is 64.3 Å². The van der Waals surface area contributed by atoms with Crippen LogP contribution in [0.25, 0.3) is 0 Å². The van der Waals surface area contributed by atoms with Gasteiger partial charge in [-0.15, -0.1) is 0 Å². The Balaban J connectivity index is 2.81. The van der Waals surface area contributed by atoms with Crippen molar-refractivity contribution in [3.05, 3.63) is 48.0 Å². The molecule has 1 N–H and O–H groups in total. The number of carboxylic acid groups (broad SMARTS) is 1. The zero-order valence-corrected chi connectivity index (χ0v) is 16.0. The molecule has 0 saturated carbocycles. The maximum atomic E-state index is 10.6. The minimum absolute atomic E-state index is 0.0261. The number of hydrogen-bond donors (Lipinski definition) is 1. The van der Waals surface area contributed by atoms with Gasteiger partial charge in [-0.3, -0.25) is 4.79 Å². The van der Waals surface area contributed by atoms with Crippen LogP contribution in [0.15, 0.2) is 42.5 Å². The summed E-state index contributed by atoms with van der Waals surface area (Å²) < 4.78 is 6.59. The molecule has 3 nitrogen and oxygen atoms in total. The van der Waals surface area contributed by atoms with Crippen LogP contribution in [0.4, 0.5) is 0 Å². The normalized spacial score (nSPS) is 14.1. The average Bonchev–Trinajstić information content (AvgIpc) is 2.45. The first kappa shape index (κ1) is 19.7. The fourth-order valence-corrected chi connectivity index (χ4v) is 3.29. The lowest BCUT2D eigenvalue weighted by molar-refractivity contribution is -0.136. The number of aliphatic carboxylic acids is 1. The minimum atomic E-state index is -1.87. The number of benzene rings is 1. The molecule has 1 rings (SSSR count). The second-order valence-corrected chi connectivity index (χ2v) is 12.2. The Morgan fingerprint density at radius 2 is 1.83 bits per heavy atom. The van der Waals surface area contributed by atoms with Gasteiger partial charge in [0.25, 0.3) is 0 Å². The Hall–Kier alpha value is -1.39. The summed E-state index contributed by atoms with van der Waals surface area (Å²) in [6, 6.07) is 10.3. The van der Waals surface area contributed by atoms with E-state index >= 15 is 0 Å². The number of rotatable bonds is 8. The van der Waals surface area contributed by atoms with E-state index in [1.54, 1.807) is 0 Å². The van der Waals surface area contributed by atoms with E-state index in [0.717, 1.165) is 6.42 Å². The lowest BCUT2D eigenvalue weighted by Crippen LogP contribution is -2.41. The second kappa shape index (κ2) is 8.46. The van der Waals surface area contributed by atoms with E-state index in [1.807, 2.05) is 30.4 Å². The van der Waals surface area contributed by atoms with Crippen LogP contribution in [0.1, 0.15) is 51.7 Å². The van der Waals surface area contributed by atoms with Crippen LogP contribution >= 0.6 is 0 Å². The van der Waals surface area contributed by atoms with Crippen LogP contribution in [0.3, 0.4) is 0 Å². The molecule has 0 spiro atoms. The molecule has 0 bridgehead atoms. The van der Waals surface area contributed by atoms with E-state index in [2.05, 4.69) is 46.0 Å². The third-order valence-corrected chi connectivity index (χ3v) is 8.94. The maximum absolute atomic E-state index is 10.6. The van der Waals surface area contributed by atoms with E-state index in [0.29, 0.717) is 6.42 Å². The summed E-state index contributed by atoms with van der Waals surface area (Å²) in [5.74, 6) is -0.758. The number of carboxylic acids is 1. The molecule has 23 heavy (non-hydrogen) atoms. The van der Waals surface area contributed by atoms with Gasteiger partial charge in [0.1, 0.15) is 0 Å². The first-order valence-corrected chi connectivity index (χ1v) is 11.1. The van der Waals surface area contributed by atoms with Gasteiger partial charge in [0.05, 0.1) is 6.10 Å². The third-order valence-electron chi connectivity index (χ3n) is 4.46. The molecule has 0 aliphatic rings. The molecule has 1 unspecified atom stereocenters. The van der Waals surface area contributed by atoms with E-state index in [1.165, 1.54) is 5.56 Å². The molecule has 0 fully saturated rings. The van der Waals surface area contributed by atoms with Gasteiger partial charge in [-0.05, 0) is 36.5 Å². The lowest BCUT2D eigenvalue weighted by atomic mass is 10.1. The summed E-state index contributed by atoms with van der Waals surface area (Å²) in [6.45, 7) is 11.2. The Morgan fingerprint density at radius 1 is 1.22 bits per heavy atom. The van der Waals surface area contributed by atoms with E-state index in [-0.39, 0.29) is 17.6 Å². The van der Waals surface area contributed by atoms with Crippen molar-refractivity contribution >= 4 is 14.3 Å². The standard InChI is InChI=1S/C19H30O3Si/c1-19(2,3)23(4,5)22-17(16-12-8-6-9-13-16)14-10-7-11-15-18(20)21/h6-10,12-13,17H,11,14-15H2,1-5H3,(H,20,21)/b10-7-. The van der Waals surface area contributed by atoms with Crippen molar-refractivity contribution in [2.24, 2.45) is 0 Å². The molecule has 0 heterocycles. The van der Waals surface area contributed by atoms with Crippen molar-refractivity contribution in [3.8, 4) is 0 Å². The van der Waals surface area contributed by atoms with Crippen molar-refractivity contribution in [1.29, 1.82) is 0 Å². The van der Waals surface area contributed by atoms with Crippen molar-refractivity contribution < 1.29 is 14.3 Å². The molecule has 1 aromatic rings. The van der Waals surface area contributed by atoms with Crippen LogP contribution in [0.5, 0.6) is 0 Å². The van der Waals surface area contributed by atoms with Gasteiger partial charge in [-0.25, -0.2) is 0 Å². The number of allylic oxidation sites excluding steroid dienone is 1. The Morgan fingerprint density at radius 3 is 2.35 bits per heavy atom. The Bertz CT molecular complexity index is 515. The molecule has 0 aliphatic heterocycles. The molecule has 0 radical (unpaired) electrons. The van der Waals surface area contributed by atoms with Crippen LogP contribution in [-0.4, -0.2) is 19.4 Å². The van der Waals surface area contributed by atoms with Gasteiger partial charge in [-0.1, -0.05) is 63.3 Å². The summed E-state index contributed by atoms with van der Waals surface area (Å²) in [5, 5.41) is 8.85. The van der Waals surface area contributed by atoms with Crippen molar-refractivity contribution in [3.63, 3.8) is 0 Å². The fraction of sp³-hybridized carbons (Fsp3) is 0.526. The van der Waals surface area contributed by atoms with Gasteiger partial charge in [0.2, 0.25) is 0 Å². The maximum Gasteiger partial charge on any atom is 0.303 e. The van der Waals surface area contributed by atoms with Gasteiger partial charge in [0.15, 0.2) is 8.32 Å². The topological polar surface area (TPSA) is 46.5 Å². The van der Waals surface area contributed by atoms with E-state index in [9.17, 15) is 4.79 Å². The molecule has 1 atom stereocenters. The highest BCUT2D eigenvalue weighted by Crippen LogP contribution is 2.40. The van der Waals surface area contributed by atoms with Crippen molar-refractivity contribution in [1.82, 2.24) is 0 Å². The number of hydrogen-bond acceptors (Lipinski definition) is 2. The first-order valence-electron chi connectivity index (χ1n) is 8.23. The lowest BCUT2D eigenvalue weighted by Gasteiger charge is -2.39. The Labute approximate surface area is 141 Å².